The molecule has 0 saturated carbocycles. The number of rotatable bonds is 5. The number of amides is 2. The molecule has 2 aromatic carbocycles. The van der Waals surface area contributed by atoms with Crippen molar-refractivity contribution in [3.63, 3.8) is 0 Å². The van der Waals surface area contributed by atoms with E-state index in [1.54, 1.807) is 29.8 Å². The average molecular weight is 352 g/mol. The summed E-state index contributed by atoms with van der Waals surface area (Å²) in [5, 5.41) is 0. The van der Waals surface area contributed by atoms with Gasteiger partial charge in [-0.15, -0.1) is 0 Å². The molecule has 0 spiro atoms. The molecule has 0 unspecified atom stereocenters. The fourth-order valence-corrected chi connectivity index (χ4v) is 3.29. The van der Waals surface area contributed by atoms with Crippen LogP contribution in [-0.2, 0) is 17.8 Å². The van der Waals surface area contributed by atoms with Gasteiger partial charge in [0.1, 0.15) is 5.75 Å². The summed E-state index contributed by atoms with van der Waals surface area (Å²) in [6.07, 6.45) is 0.790. The van der Waals surface area contributed by atoms with Crippen molar-refractivity contribution < 1.29 is 14.3 Å². The number of hydrogen-bond acceptors (Lipinski definition) is 3. The van der Waals surface area contributed by atoms with E-state index in [2.05, 4.69) is 0 Å². The Morgan fingerprint density at radius 2 is 1.88 bits per heavy atom. The molecule has 0 bridgehead atoms. The van der Waals surface area contributed by atoms with Crippen molar-refractivity contribution in [2.24, 2.45) is 0 Å². The molecule has 1 aliphatic heterocycles. The number of carbonyl (C=O) groups is 2. The third-order valence-corrected chi connectivity index (χ3v) is 4.60. The van der Waals surface area contributed by atoms with Crippen LogP contribution in [0.15, 0.2) is 42.5 Å². The third kappa shape index (κ3) is 3.72. The lowest BCUT2D eigenvalue weighted by molar-refractivity contribution is -0.116. The molecule has 0 aliphatic carbocycles. The van der Waals surface area contributed by atoms with Crippen LogP contribution in [0.25, 0.3) is 0 Å². The number of nitrogens with zero attached hydrogens (tertiary/aromatic N) is 2. The highest BCUT2D eigenvalue weighted by Crippen LogP contribution is 2.29. The second-order valence-corrected chi connectivity index (χ2v) is 6.50. The molecule has 136 valence electrons. The van der Waals surface area contributed by atoms with Gasteiger partial charge in [-0.1, -0.05) is 12.1 Å². The van der Waals surface area contributed by atoms with Gasteiger partial charge in [0.05, 0.1) is 6.61 Å². The number of anilines is 1. The summed E-state index contributed by atoms with van der Waals surface area (Å²) >= 11 is 0. The third-order valence-electron chi connectivity index (χ3n) is 4.60. The minimum atomic E-state index is -0.0250. The SMILES string of the molecule is CCOc1ccc(CN(C)C(=O)c2ccc3c(c2)CCN3C(C)=O)cc1. The van der Waals surface area contributed by atoms with Gasteiger partial charge in [0, 0.05) is 38.3 Å². The van der Waals surface area contributed by atoms with Crippen LogP contribution in [0, 0.1) is 0 Å². The van der Waals surface area contributed by atoms with Crippen LogP contribution in [-0.4, -0.2) is 36.9 Å². The first-order valence-electron chi connectivity index (χ1n) is 8.88. The van der Waals surface area contributed by atoms with E-state index in [0.29, 0.717) is 25.3 Å². The Balaban J connectivity index is 1.70. The predicted octanol–water partition coefficient (Wildman–Crippen LogP) is 3.27. The highest BCUT2D eigenvalue weighted by atomic mass is 16.5. The molecule has 2 aromatic rings. The molecule has 26 heavy (non-hydrogen) atoms. The summed E-state index contributed by atoms with van der Waals surface area (Å²) in [5.74, 6) is 0.845. The maximum Gasteiger partial charge on any atom is 0.253 e. The van der Waals surface area contributed by atoms with Gasteiger partial charge in [-0.2, -0.15) is 0 Å². The van der Waals surface area contributed by atoms with Crippen molar-refractivity contribution in [2.45, 2.75) is 26.8 Å². The van der Waals surface area contributed by atoms with E-state index in [1.165, 1.54) is 0 Å². The first-order chi connectivity index (χ1) is 12.5. The molecule has 0 saturated heterocycles. The standard InChI is InChI=1S/C21H24N2O3/c1-4-26-19-8-5-16(6-9-19)14-22(3)21(25)18-7-10-20-17(13-18)11-12-23(20)15(2)24/h5-10,13H,4,11-12,14H2,1-3H3. The summed E-state index contributed by atoms with van der Waals surface area (Å²) in [7, 11) is 1.80. The summed E-state index contributed by atoms with van der Waals surface area (Å²) in [6, 6.07) is 13.4. The zero-order chi connectivity index (χ0) is 18.7. The molecule has 1 aliphatic rings. The quantitative estimate of drug-likeness (QED) is 0.830. The van der Waals surface area contributed by atoms with E-state index in [1.807, 2.05) is 43.3 Å². The number of ether oxygens (including phenoxy) is 1. The molecular formula is C21H24N2O3. The largest absolute Gasteiger partial charge is 0.494 e. The van der Waals surface area contributed by atoms with Crippen molar-refractivity contribution in [1.29, 1.82) is 0 Å². The van der Waals surface area contributed by atoms with Crippen LogP contribution in [0.5, 0.6) is 5.75 Å². The highest BCUT2D eigenvalue weighted by molar-refractivity contribution is 5.97. The first kappa shape index (κ1) is 18.0. The Bertz CT molecular complexity index is 815. The first-order valence-corrected chi connectivity index (χ1v) is 8.88. The molecule has 3 rings (SSSR count). The van der Waals surface area contributed by atoms with Crippen LogP contribution in [0.3, 0.4) is 0 Å². The summed E-state index contributed by atoms with van der Waals surface area (Å²) < 4.78 is 5.44. The number of hydrogen-bond donors (Lipinski definition) is 0. The number of carbonyl (C=O) groups excluding carboxylic acids is 2. The van der Waals surface area contributed by atoms with E-state index < -0.39 is 0 Å². The van der Waals surface area contributed by atoms with Crippen LogP contribution in [0.1, 0.15) is 35.3 Å². The molecular weight excluding hydrogens is 328 g/mol. The summed E-state index contributed by atoms with van der Waals surface area (Å²) in [5.41, 5.74) is 3.68. The van der Waals surface area contributed by atoms with E-state index in [4.69, 9.17) is 4.74 Å². The van der Waals surface area contributed by atoms with Gasteiger partial charge in [0.15, 0.2) is 0 Å². The van der Waals surface area contributed by atoms with Crippen LogP contribution >= 0.6 is 0 Å². The minimum Gasteiger partial charge on any atom is -0.494 e. The molecule has 0 radical (unpaired) electrons. The van der Waals surface area contributed by atoms with E-state index >= 15 is 0 Å². The number of benzene rings is 2. The van der Waals surface area contributed by atoms with Gasteiger partial charge in [-0.3, -0.25) is 9.59 Å². The predicted molar refractivity (Wildman–Crippen MR) is 102 cm³/mol. The Kier molecular flexibility index (Phi) is 5.26. The molecule has 1 heterocycles. The van der Waals surface area contributed by atoms with Crippen LogP contribution < -0.4 is 9.64 Å². The second-order valence-electron chi connectivity index (χ2n) is 6.50. The molecule has 0 fully saturated rings. The average Bonchev–Trinajstić information content (AvgIpc) is 3.06. The molecule has 5 nitrogen and oxygen atoms in total. The normalized spacial score (nSPS) is 12.7. The zero-order valence-corrected chi connectivity index (χ0v) is 15.5. The van der Waals surface area contributed by atoms with Gasteiger partial charge >= 0.3 is 0 Å². The Labute approximate surface area is 154 Å². The van der Waals surface area contributed by atoms with E-state index in [-0.39, 0.29) is 11.8 Å². The van der Waals surface area contributed by atoms with Crippen LogP contribution in [0.2, 0.25) is 0 Å². The molecule has 0 N–H and O–H groups in total. The van der Waals surface area contributed by atoms with Crippen molar-refractivity contribution in [3.8, 4) is 5.75 Å². The van der Waals surface area contributed by atoms with Crippen LogP contribution in [0.4, 0.5) is 5.69 Å². The van der Waals surface area contributed by atoms with Gasteiger partial charge in [-0.05, 0) is 54.8 Å². The lowest BCUT2D eigenvalue weighted by atomic mass is 10.1. The lowest BCUT2D eigenvalue weighted by Crippen LogP contribution is -2.27. The molecule has 0 atom stereocenters. The van der Waals surface area contributed by atoms with Crippen molar-refractivity contribution >= 4 is 17.5 Å². The maximum absolute atomic E-state index is 12.8. The Morgan fingerprint density at radius 3 is 2.54 bits per heavy atom. The number of fused-ring (bicyclic) bond motifs is 1. The topological polar surface area (TPSA) is 49.9 Å². The molecule has 0 aromatic heterocycles. The summed E-state index contributed by atoms with van der Waals surface area (Å²) in [6.45, 7) is 5.37. The Hall–Kier alpha value is -2.82. The Morgan fingerprint density at radius 1 is 1.15 bits per heavy atom. The van der Waals surface area contributed by atoms with Gasteiger partial charge in [0.2, 0.25) is 5.91 Å². The van der Waals surface area contributed by atoms with Crippen molar-refractivity contribution in [1.82, 2.24) is 4.90 Å². The summed E-state index contributed by atoms with van der Waals surface area (Å²) in [4.78, 5) is 27.9. The zero-order valence-electron chi connectivity index (χ0n) is 15.5. The van der Waals surface area contributed by atoms with Crippen molar-refractivity contribution in [2.75, 3.05) is 25.1 Å². The monoisotopic (exact) mass is 352 g/mol. The fourth-order valence-electron chi connectivity index (χ4n) is 3.29. The fraction of sp³-hybridized carbons (Fsp3) is 0.333. The highest BCUT2D eigenvalue weighted by Gasteiger charge is 2.23. The van der Waals surface area contributed by atoms with Crippen molar-refractivity contribution in [3.05, 3.63) is 59.2 Å². The van der Waals surface area contributed by atoms with E-state index in [9.17, 15) is 9.59 Å². The smallest absolute Gasteiger partial charge is 0.253 e. The van der Waals surface area contributed by atoms with Gasteiger partial charge < -0.3 is 14.5 Å². The molecule has 5 heteroatoms. The van der Waals surface area contributed by atoms with E-state index in [0.717, 1.165) is 29.0 Å². The maximum atomic E-state index is 12.8. The minimum absolute atomic E-state index is 0.0250. The van der Waals surface area contributed by atoms with Gasteiger partial charge in [0.25, 0.3) is 5.91 Å². The molecule has 2 amide bonds. The van der Waals surface area contributed by atoms with Gasteiger partial charge in [-0.25, -0.2) is 0 Å². The lowest BCUT2D eigenvalue weighted by Gasteiger charge is -2.19. The second kappa shape index (κ2) is 7.60.